The van der Waals surface area contributed by atoms with Crippen molar-refractivity contribution in [1.82, 2.24) is 4.90 Å². The van der Waals surface area contributed by atoms with Crippen LogP contribution in [0.3, 0.4) is 0 Å². The summed E-state index contributed by atoms with van der Waals surface area (Å²) in [6.45, 7) is 8.97. The van der Waals surface area contributed by atoms with Crippen molar-refractivity contribution in [3.05, 3.63) is 107 Å². The van der Waals surface area contributed by atoms with Gasteiger partial charge < -0.3 is 4.43 Å². The molecule has 0 aliphatic carbocycles. The fourth-order valence-corrected chi connectivity index (χ4v) is 9.55. The van der Waals surface area contributed by atoms with Gasteiger partial charge in [-0.25, -0.2) is 0 Å². The molecule has 1 saturated heterocycles. The van der Waals surface area contributed by atoms with Crippen LogP contribution in [0.5, 0.6) is 0 Å². The smallest absolute Gasteiger partial charge is 0.261 e. The topological polar surface area (TPSA) is 61.2 Å². The lowest BCUT2D eigenvalue weighted by Crippen LogP contribution is -2.69. The summed E-state index contributed by atoms with van der Waals surface area (Å²) < 4.78 is 7.13. The summed E-state index contributed by atoms with van der Waals surface area (Å²) in [5, 5.41) is 6.52. The van der Waals surface area contributed by atoms with Gasteiger partial charge in [-0.1, -0.05) is 117 Å². The van der Waals surface area contributed by atoms with Crippen molar-refractivity contribution in [2.45, 2.75) is 44.4 Å². The number of hydrogen-bond donors (Lipinski definition) is 0. The zero-order chi connectivity index (χ0) is 23.3. The molecule has 0 aromatic heterocycles. The molecule has 1 heterocycles. The molecule has 5 nitrogen and oxygen atoms in total. The molecule has 0 radical (unpaired) electrons. The molecule has 0 saturated carbocycles. The Labute approximate surface area is 197 Å². The molecule has 3 aromatic rings. The lowest BCUT2D eigenvalue weighted by Gasteiger charge is -2.49. The van der Waals surface area contributed by atoms with Crippen LogP contribution in [-0.4, -0.2) is 38.5 Å². The highest BCUT2D eigenvalue weighted by atomic mass is 28.4. The standard InChI is InChI=1S/C27H32N4OSi/c1-27(2,3)33(23-15-9-5-10-16-23,24-17-11-6-12-18-24)32-21-26-25(29-30-28)20-31(26)19-22-13-7-4-8-14-22/h4-18,25-26H,19-21H2,1-3H3/t25-,26-/m1/s1. The molecule has 0 unspecified atom stereocenters. The lowest BCUT2D eigenvalue weighted by atomic mass is 9.97. The van der Waals surface area contributed by atoms with Crippen LogP contribution < -0.4 is 10.4 Å². The first kappa shape index (κ1) is 23.3. The summed E-state index contributed by atoms with van der Waals surface area (Å²) in [7, 11) is -2.63. The molecule has 0 bridgehead atoms. The summed E-state index contributed by atoms with van der Waals surface area (Å²) in [5.41, 5.74) is 10.4. The Kier molecular flexibility index (Phi) is 7.01. The molecule has 3 aromatic carbocycles. The van der Waals surface area contributed by atoms with Crippen molar-refractivity contribution in [3.8, 4) is 0 Å². The van der Waals surface area contributed by atoms with Crippen molar-refractivity contribution in [1.29, 1.82) is 0 Å². The highest BCUT2D eigenvalue weighted by molar-refractivity contribution is 6.99. The molecule has 0 spiro atoms. The van der Waals surface area contributed by atoms with E-state index in [-0.39, 0.29) is 17.1 Å². The van der Waals surface area contributed by atoms with Crippen LogP contribution in [0.4, 0.5) is 0 Å². The van der Waals surface area contributed by atoms with Crippen LogP contribution in [-0.2, 0) is 11.0 Å². The summed E-state index contributed by atoms with van der Waals surface area (Å²) in [6, 6.07) is 31.8. The van der Waals surface area contributed by atoms with Gasteiger partial charge in [0.15, 0.2) is 0 Å². The maximum Gasteiger partial charge on any atom is 0.261 e. The van der Waals surface area contributed by atoms with E-state index in [2.05, 4.69) is 121 Å². The predicted octanol–water partition coefficient (Wildman–Crippen LogP) is 5.13. The number of benzene rings is 3. The van der Waals surface area contributed by atoms with Gasteiger partial charge in [-0.2, -0.15) is 0 Å². The molecule has 1 aliphatic rings. The molecule has 170 valence electrons. The summed E-state index contributed by atoms with van der Waals surface area (Å²) in [6.07, 6.45) is 0. The number of hydrogen-bond acceptors (Lipinski definition) is 3. The Bertz CT molecular complexity index is 1040. The van der Waals surface area contributed by atoms with E-state index in [1.165, 1.54) is 15.9 Å². The third kappa shape index (κ3) is 4.75. The molecule has 1 aliphatic heterocycles. The molecule has 33 heavy (non-hydrogen) atoms. The van der Waals surface area contributed by atoms with E-state index >= 15 is 0 Å². The first-order chi connectivity index (χ1) is 16.0. The lowest BCUT2D eigenvalue weighted by molar-refractivity contribution is 0.0186. The Morgan fingerprint density at radius 1 is 0.909 bits per heavy atom. The molecule has 1 fully saturated rings. The second kappa shape index (κ2) is 9.94. The van der Waals surface area contributed by atoms with Crippen molar-refractivity contribution in [2.75, 3.05) is 13.2 Å². The zero-order valence-electron chi connectivity index (χ0n) is 19.6. The SMILES string of the molecule is CC(C)(C)[Si](OC[C@@H]1[C@H](N=[N+]=[N-])CN1Cc1ccccc1)(c1ccccc1)c1ccccc1. The van der Waals surface area contributed by atoms with Crippen molar-refractivity contribution in [3.63, 3.8) is 0 Å². The zero-order valence-corrected chi connectivity index (χ0v) is 20.6. The third-order valence-electron chi connectivity index (χ3n) is 6.65. The highest BCUT2D eigenvalue weighted by Gasteiger charge is 2.51. The molecular weight excluding hydrogens is 424 g/mol. The number of rotatable bonds is 8. The molecule has 4 rings (SSSR count). The maximum atomic E-state index is 9.12. The van der Waals surface area contributed by atoms with E-state index in [4.69, 9.17) is 9.96 Å². The van der Waals surface area contributed by atoms with Crippen LogP contribution in [0, 0.1) is 0 Å². The van der Waals surface area contributed by atoms with Crippen LogP contribution in [0.25, 0.3) is 10.4 Å². The fourth-order valence-electron chi connectivity index (χ4n) is 4.97. The molecule has 0 amide bonds. The van der Waals surface area contributed by atoms with E-state index in [1.54, 1.807) is 0 Å². The summed E-state index contributed by atoms with van der Waals surface area (Å²) in [5.74, 6) is 0. The first-order valence-electron chi connectivity index (χ1n) is 11.5. The maximum absolute atomic E-state index is 9.12. The second-order valence-electron chi connectivity index (χ2n) is 9.73. The monoisotopic (exact) mass is 456 g/mol. The Hall–Kier alpha value is -2.89. The van der Waals surface area contributed by atoms with Gasteiger partial charge in [0.1, 0.15) is 0 Å². The van der Waals surface area contributed by atoms with Gasteiger partial charge in [0.2, 0.25) is 0 Å². The summed E-state index contributed by atoms with van der Waals surface area (Å²) in [4.78, 5) is 5.48. The normalized spacial score (nSPS) is 18.9. The highest BCUT2D eigenvalue weighted by Crippen LogP contribution is 2.37. The van der Waals surface area contributed by atoms with Crippen LogP contribution in [0.2, 0.25) is 5.04 Å². The van der Waals surface area contributed by atoms with Gasteiger partial charge in [-0.3, -0.25) is 4.90 Å². The van der Waals surface area contributed by atoms with Gasteiger partial charge in [0.05, 0.1) is 12.6 Å². The first-order valence-corrected chi connectivity index (χ1v) is 13.4. The molecule has 6 heteroatoms. The number of nitrogens with zero attached hydrogens (tertiary/aromatic N) is 4. The van der Waals surface area contributed by atoms with Crippen molar-refractivity contribution in [2.24, 2.45) is 5.11 Å². The van der Waals surface area contributed by atoms with Gasteiger partial charge in [-0.15, -0.1) is 0 Å². The number of likely N-dealkylation sites (tertiary alicyclic amines) is 1. The van der Waals surface area contributed by atoms with E-state index in [1.807, 2.05) is 6.07 Å². The van der Waals surface area contributed by atoms with Gasteiger partial charge in [-0.05, 0) is 26.5 Å². The minimum absolute atomic E-state index is 0.0581. The second-order valence-corrected chi connectivity index (χ2v) is 14.0. The van der Waals surface area contributed by atoms with Crippen molar-refractivity contribution < 1.29 is 4.43 Å². The fraction of sp³-hybridized carbons (Fsp3) is 0.333. The van der Waals surface area contributed by atoms with E-state index < -0.39 is 8.32 Å². The van der Waals surface area contributed by atoms with Crippen molar-refractivity contribution >= 4 is 18.7 Å². The van der Waals surface area contributed by atoms with E-state index in [0.717, 1.165) is 13.1 Å². The molecular formula is C27H32N4OSi. The van der Waals surface area contributed by atoms with Crippen LogP contribution >= 0.6 is 0 Å². The minimum Gasteiger partial charge on any atom is -0.406 e. The predicted molar refractivity (Wildman–Crippen MR) is 137 cm³/mol. The third-order valence-corrected chi connectivity index (χ3v) is 11.7. The largest absolute Gasteiger partial charge is 0.406 e. The van der Waals surface area contributed by atoms with Gasteiger partial charge in [0.25, 0.3) is 8.32 Å². The average Bonchev–Trinajstić information content (AvgIpc) is 2.82. The van der Waals surface area contributed by atoms with E-state index in [9.17, 15) is 0 Å². The molecule has 2 atom stereocenters. The average molecular weight is 457 g/mol. The van der Waals surface area contributed by atoms with Crippen LogP contribution in [0.15, 0.2) is 96.1 Å². The van der Waals surface area contributed by atoms with E-state index in [0.29, 0.717) is 6.61 Å². The minimum atomic E-state index is -2.63. The Balaban J connectivity index is 1.67. The Morgan fingerprint density at radius 2 is 1.42 bits per heavy atom. The van der Waals surface area contributed by atoms with Gasteiger partial charge >= 0.3 is 0 Å². The quantitative estimate of drug-likeness (QED) is 0.204. The van der Waals surface area contributed by atoms with Crippen LogP contribution in [0.1, 0.15) is 26.3 Å². The van der Waals surface area contributed by atoms with Gasteiger partial charge in [0, 0.05) is 24.0 Å². The molecule has 0 N–H and O–H groups in total. The summed E-state index contributed by atoms with van der Waals surface area (Å²) >= 11 is 0. The Morgan fingerprint density at radius 3 is 1.91 bits per heavy atom. The number of azide groups is 1.